The Morgan fingerprint density at radius 3 is 2.29 bits per heavy atom. The Morgan fingerprint density at radius 1 is 1.13 bits per heavy atom. The van der Waals surface area contributed by atoms with Crippen molar-refractivity contribution in [3.8, 4) is 11.5 Å². The van der Waals surface area contributed by atoms with Crippen LogP contribution in [-0.2, 0) is 16.0 Å². The molecule has 168 valence electrons. The Morgan fingerprint density at radius 2 is 1.74 bits per heavy atom. The minimum atomic E-state index is -1.36. The summed E-state index contributed by atoms with van der Waals surface area (Å²) in [6, 6.07) is 9.39. The van der Waals surface area contributed by atoms with Gasteiger partial charge in [-0.15, -0.1) is 0 Å². The van der Waals surface area contributed by atoms with Crippen molar-refractivity contribution >= 4 is 46.2 Å². The normalized spacial score (nSPS) is 13.2. The zero-order valence-corrected chi connectivity index (χ0v) is 20.9. The lowest BCUT2D eigenvalue weighted by Gasteiger charge is -2.31. The maximum atomic E-state index is 14.8. The third kappa shape index (κ3) is 7.24. The van der Waals surface area contributed by atoms with Gasteiger partial charge in [0.15, 0.2) is 11.6 Å². The first-order valence-corrected chi connectivity index (χ1v) is 10.9. The van der Waals surface area contributed by atoms with Crippen LogP contribution in [0.5, 0.6) is 11.5 Å². The molecule has 9 heteroatoms. The van der Waals surface area contributed by atoms with Crippen LogP contribution in [0.1, 0.15) is 33.3 Å². The highest BCUT2D eigenvalue weighted by Gasteiger charge is 2.37. The average Bonchev–Trinajstić information content (AvgIpc) is 2.65. The largest absolute Gasteiger partial charge is 0.454 e. The highest BCUT2D eigenvalue weighted by molar-refractivity contribution is 14.1. The Bertz CT molecular complexity index is 963. The summed E-state index contributed by atoms with van der Waals surface area (Å²) in [7, 11) is 1.46. The van der Waals surface area contributed by atoms with Gasteiger partial charge in [0.25, 0.3) is 0 Å². The van der Waals surface area contributed by atoms with E-state index < -0.39 is 29.0 Å². The Labute approximate surface area is 200 Å². The van der Waals surface area contributed by atoms with Crippen LogP contribution in [0.3, 0.4) is 0 Å². The molecule has 0 fully saturated rings. The predicted octanol–water partition coefficient (Wildman–Crippen LogP) is 5.45. The van der Waals surface area contributed by atoms with Crippen LogP contribution in [0.2, 0.25) is 5.02 Å². The number of rotatable bonds is 6. The molecular formula is C22H25ClFIN2O4. The summed E-state index contributed by atoms with van der Waals surface area (Å²) in [5, 5.41) is 5.69. The van der Waals surface area contributed by atoms with Crippen LogP contribution in [-0.4, -0.2) is 30.2 Å². The summed E-state index contributed by atoms with van der Waals surface area (Å²) in [5.74, 6) is -0.552. The average molecular weight is 563 g/mol. The van der Waals surface area contributed by atoms with Crippen LogP contribution in [0.25, 0.3) is 0 Å². The summed E-state index contributed by atoms with van der Waals surface area (Å²) in [4.78, 5) is 24.9. The van der Waals surface area contributed by atoms with E-state index in [0.29, 0.717) is 19.9 Å². The van der Waals surface area contributed by atoms with E-state index in [0.717, 1.165) is 0 Å². The topological polar surface area (TPSA) is 76.7 Å². The second-order valence-electron chi connectivity index (χ2n) is 8.14. The van der Waals surface area contributed by atoms with Crippen molar-refractivity contribution in [3.05, 3.63) is 56.4 Å². The fraction of sp³-hybridized carbons (Fsp3) is 0.364. The third-order valence-corrected chi connectivity index (χ3v) is 5.45. The van der Waals surface area contributed by atoms with E-state index >= 15 is 0 Å². The minimum absolute atomic E-state index is 0.0391. The molecule has 0 bridgehead atoms. The van der Waals surface area contributed by atoms with Crippen molar-refractivity contribution in [2.24, 2.45) is 0 Å². The molecule has 0 saturated heterocycles. The number of carbonyl (C=O) groups excluding carboxylic acids is 2. The van der Waals surface area contributed by atoms with E-state index in [-0.39, 0.29) is 12.2 Å². The quantitative estimate of drug-likeness (QED) is 0.459. The SMILES string of the molecule is CNC(=O)C(C)(Cc1cc(F)c(Oc2ccc(Cl)cc2)cc1I)NC(=O)OC(C)(C)C. The molecule has 2 N–H and O–H groups in total. The molecular weight excluding hydrogens is 538 g/mol. The van der Waals surface area contributed by atoms with Crippen molar-refractivity contribution in [3.63, 3.8) is 0 Å². The van der Waals surface area contributed by atoms with Crippen LogP contribution in [0.4, 0.5) is 9.18 Å². The molecule has 0 aliphatic heterocycles. The second kappa shape index (κ2) is 10.0. The number of carbonyl (C=O) groups is 2. The van der Waals surface area contributed by atoms with Crippen molar-refractivity contribution in [1.82, 2.24) is 10.6 Å². The van der Waals surface area contributed by atoms with Gasteiger partial charge in [0.1, 0.15) is 16.9 Å². The van der Waals surface area contributed by atoms with Crippen LogP contribution < -0.4 is 15.4 Å². The molecule has 2 aromatic rings. The first kappa shape index (κ1) is 25.2. The van der Waals surface area contributed by atoms with Gasteiger partial charge in [-0.2, -0.15) is 0 Å². The molecule has 0 spiro atoms. The highest BCUT2D eigenvalue weighted by atomic mass is 127. The zero-order chi connectivity index (χ0) is 23.4. The molecule has 2 amide bonds. The van der Waals surface area contributed by atoms with Crippen LogP contribution in [0.15, 0.2) is 36.4 Å². The molecule has 0 heterocycles. The Hall–Kier alpha value is -2.07. The monoisotopic (exact) mass is 562 g/mol. The zero-order valence-electron chi connectivity index (χ0n) is 17.9. The molecule has 0 aromatic heterocycles. The number of ether oxygens (including phenoxy) is 2. The van der Waals surface area contributed by atoms with Gasteiger partial charge in [-0.3, -0.25) is 4.79 Å². The first-order valence-electron chi connectivity index (χ1n) is 9.47. The van der Waals surface area contributed by atoms with Gasteiger partial charge in [-0.1, -0.05) is 11.6 Å². The maximum Gasteiger partial charge on any atom is 0.408 e. The van der Waals surface area contributed by atoms with E-state index in [1.165, 1.54) is 19.2 Å². The lowest BCUT2D eigenvalue weighted by atomic mass is 9.91. The molecule has 0 saturated carbocycles. The maximum absolute atomic E-state index is 14.8. The van der Waals surface area contributed by atoms with E-state index in [2.05, 4.69) is 10.6 Å². The summed E-state index contributed by atoms with van der Waals surface area (Å²) in [6.07, 6.45) is -0.695. The van der Waals surface area contributed by atoms with Crippen LogP contribution in [0, 0.1) is 9.39 Å². The molecule has 1 atom stereocenters. The van der Waals surface area contributed by atoms with E-state index in [1.807, 2.05) is 22.6 Å². The molecule has 2 rings (SSSR count). The van der Waals surface area contributed by atoms with Gasteiger partial charge in [0.05, 0.1) is 0 Å². The summed E-state index contributed by atoms with van der Waals surface area (Å²) < 4.78 is 26.3. The van der Waals surface area contributed by atoms with E-state index in [9.17, 15) is 14.0 Å². The van der Waals surface area contributed by atoms with Gasteiger partial charge in [0.2, 0.25) is 5.91 Å². The Balaban J connectivity index is 2.28. The molecule has 6 nitrogen and oxygen atoms in total. The number of halogens is 3. The van der Waals surface area contributed by atoms with Crippen molar-refractivity contribution in [2.75, 3.05) is 7.05 Å². The number of alkyl carbamates (subject to hydrolysis) is 1. The molecule has 31 heavy (non-hydrogen) atoms. The third-order valence-electron chi connectivity index (χ3n) is 4.19. The van der Waals surface area contributed by atoms with Gasteiger partial charge >= 0.3 is 6.09 Å². The fourth-order valence-corrected chi connectivity index (χ4v) is 3.54. The van der Waals surface area contributed by atoms with E-state index in [4.69, 9.17) is 21.1 Å². The van der Waals surface area contributed by atoms with Gasteiger partial charge < -0.3 is 20.1 Å². The van der Waals surface area contributed by atoms with Crippen molar-refractivity contribution in [1.29, 1.82) is 0 Å². The number of hydrogen-bond acceptors (Lipinski definition) is 4. The molecule has 0 aliphatic carbocycles. The lowest BCUT2D eigenvalue weighted by molar-refractivity contribution is -0.126. The molecule has 1 unspecified atom stereocenters. The van der Waals surface area contributed by atoms with Gasteiger partial charge in [-0.25, -0.2) is 9.18 Å². The number of hydrogen-bond donors (Lipinski definition) is 2. The summed E-state index contributed by atoms with van der Waals surface area (Å²) in [5.41, 5.74) is -1.56. The highest BCUT2D eigenvalue weighted by Crippen LogP contribution is 2.31. The summed E-state index contributed by atoms with van der Waals surface area (Å²) >= 11 is 7.90. The van der Waals surface area contributed by atoms with Crippen molar-refractivity contribution in [2.45, 2.75) is 45.3 Å². The number of amides is 2. The Kier molecular flexibility index (Phi) is 8.15. The summed E-state index contributed by atoms with van der Waals surface area (Å²) in [6.45, 7) is 6.73. The van der Waals surface area contributed by atoms with Crippen molar-refractivity contribution < 1.29 is 23.5 Å². The second-order valence-corrected chi connectivity index (χ2v) is 9.74. The lowest BCUT2D eigenvalue weighted by Crippen LogP contribution is -2.58. The van der Waals surface area contributed by atoms with Gasteiger partial charge in [0, 0.05) is 22.1 Å². The number of benzene rings is 2. The van der Waals surface area contributed by atoms with Gasteiger partial charge in [-0.05, 0) is 92.2 Å². The number of nitrogens with one attached hydrogen (secondary N) is 2. The molecule has 0 aliphatic rings. The van der Waals surface area contributed by atoms with E-state index in [1.54, 1.807) is 52.0 Å². The first-order chi connectivity index (χ1) is 14.3. The fourth-order valence-electron chi connectivity index (χ4n) is 2.78. The smallest absolute Gasteiger partial charge is 0.408 e. The predicted molar refractivity (Wildman–Crippen MR) is 126 cm³/mol. The standard InChI is InChI=1S/C22H25ClFIN2O4/c1-21(2,3)31-20(29)27-22(4,19(28)26-5)12-13-10-16(24)18(11-17(13)25)30-15-8-6-14(23)7-9-15/h6-11H,12H2,1-5H3,(H,26,28)(H,27,29). The minimum Gasteiger partial charge on any atom is -0.454 e. The molecule has 2 aromatic carbocycles. The number of likely N-dealkylation sites (N-methyl/N-ethyl adjacent to an activating group) is 1. The van der Waals surface area contributed by atoms with Crippen LogP contribution >= 0.6 is 34.2 Å². The molecule has 0 radical (unpaired) electrons.